The molecule has 120 valence electrons. The molecule has 0 aliphatic carbocycles. The number of nitrogens with two attached hydrogens (primary N) is 1. The molecule has 2 rings (SSSR count). The first kappa shape index (κ1) is 18.6. The fraction of sp³-hybridized carbons (Fsp3) is 0.538. The summed E-state index contributed by atoms with van der Waals surface area (Å²) in [5.74, 6) is -0.727. The number of sulfonamides is 1. The maximum absolute atomic E-state index is 13.1. The van der Waals surface area contributed by atoms with Gasteiger partial charge in [-0.25, -0.2) is 12.8 Å². The molecule has 0 bridgehead atoms. The van der Waals surface area contributed by atoms with Crippen molar-refractivity contribution in [3.8, 4) is 0 Å². The SMILES string of the molecule is Cl.NCC1CCCCN1S(=O)(=O)Cc1ccc(F)c(Cl)c1. The Bertz CT molecular complexity index is 584. The molecule has 21 heavy (non-hydrogen) atoms. The molecule has 2 N–H and O–H groups in total. The lowest BCUT2D eigenvalue weighted by Crippen LogP contribution is -2.47. The zero-order valence-electron chi connectivity index (χ0n) is 11.5. The molecule has 1 aromatic carbocycles. The third kappa shape index (κ3) is 4.53. The molecule has 1 heterocycles. The van der Waals surface area contributed by atoms with Crippen molar-refractivity contribution in [3.05, 3.63) is 34.6 Å². The van der Waals surface area contributed by atoms with Crippen LogP contribution in [0.25, 0.3) is 0 Å². The smallest absolute Gasteiger partial charge is 0.218 e. The topological polar surface area (TPSA) is 63.4 Å². The first-order valence-corrected chi connectivity index (χ1v) is 8.56. The largest absolute Gasteiger partial charge is 0.329 e. The molecule has 0 amide bonds. The molecule has 1 aromatic rings. The second-order valence-electron chi connectivity index (χ2n) is 5.00. The highest BCUT2D eigenvalue weighted by molar-refractivity contribution is 7.88. The van der Waals surface area contributed by atoms with E-state index in [-0.39, 0.29) is 29.2 Å². The number of nitrogens with zero attached hydrogens (tertiary/aromatic N) is 1. The summed E-state index contributed by atoms with van der Waals surface area (Å²) in [6, 6.07) is 3.85. The molecule has 4 nitrogen and oxygen atoms in total. The normalized spacial score (nSPS) is 20.0. The van der Waals surface area contributed by atoms with Crippen LogP contribution >= 0.6 is 24.0 Å². The quantitative estimate of drug-likeness (QED) is 0.901. The van der Waals surface area contributed by atoms with Crippen molar-refractivity contribution in [2.45, 2.75) is 31.1 Å². The lowest BCUT2D eigenvalue weighted by atomic mass is 10.1. The molecule has 0 spiro atoms. The monoisotopic (exact) mass is 356 g/mol. The van der Waals surface area contributed by atoms with Gasteiger partial charge in [-0.2, -0.15) is 4.31 Å². The summed E-state index contributed by atoms with van der Waals surface area (Å²) < 4.78 is 39.5. The van der Waals surface area contributed by atoms with Gasteiger partial charge in [0.25, 0.3) is 0 Å². The number of piperidine rings is 1. The average Bonchev–Trinajstić information content (AvgIpc) is 2.42. The Morgan fingerprint density at radius 2 is 2.10 bits per heavy atom. The second kappa shape index (κ2) is 7.74. The number of hydrogen-bond donors (Lipinski definition) is 1. The van der Waals surface area contributed by atoms with Gasteiger partial charge in [0, 0.05) is 19.1 Å². The van der Waals surface area contributed by atoms with Crippen LogP contribution in [-0.2, 0) is 15.8 Å². The maximum Gasteiger partial charge on any atom is 0.218 e. The van der Waals surface area contributed by atoms with E-state index in [9.17, 15) is 12.8 Å². The van der Waals surface area contributed by atoms with Gasteiger partial charge in [-0.1, -0.05) is 24.1 Å². The van der Waals surface area contributed by atoms with Gasteiger partial charge in [0.2, 0.25) is 10.0 Å². The molecule has 1 fully saturated rings. The van der Waals surface area contributed by atoms with Crippen LogP contribution in [0.4, 0.5) is 4.39 Å². The van der Waals surface area contributed by atoms with E-state index in [1.165, 1.54) is 22.5 Å². The van der Waals surface area contributed by atoms with Crippen molar-refractivity contribution >= 4 is 34.0 Å². The molecule has 0 saturated carbocycles. The zero-order chi connectivity index (χ0) is 14.8. The minimum absolute atomic E-state index is 0. The highest BCUT2D eigenvalue weighted by atomic mass is 35.5. The van der Waals surface area contributed by atoms with Crippen LogP contribution < -0.4 is 5.73 Å². The van der Waals surface area contributed by atoms with E-state index in [2.05, 4.69) is 0 Å². The van der Waals surface area contributed by atoms with Gasteiger partial charge < -0.3 is 5.73 Å². The Labute approximate surface area is 135 Å². The summed E-state index contributed by atoms with van der Waals surface area (Å²) >= 11 is 5.68. The number of rotatable bonds is 4. The van der Waals surface area contributed by atoms with Crippen LogP contribution in [0, 0.1) is 5.82 Å². The second-order valence-corrected chi connectivity index (χ2v) is 7.33. The zero-order valence-corrected chi connectivity index (χ0v) is 13.9. The molecule has 0 radical (unpaired) electrons. The van der Waals surface area contributed by atoms with Crippen molar-refractivity contribution in [2.75, 3.05) is 13.1 Å². The van der Waals surface area contributed by atoms with Crippen LogP contribution in [0.2, 0.25) is 5.02 Å². The predicted molar refractivity (Wildman–Crippen MR) is 84.7 cm³/mol. The Kier molecular flexibility index (Phi) is 6.87. The summed E-state index contributed by atoms with van der Waals surface area (Å²) in [4.78, 5) is 0. The third-order valence-corrected chi connectivity index (χ3v) is 5.72. The summed E-state index contributed by atoms with van der Waals surface area (Å²) in [5, 5.41) is -0.0632. The molecular formula is C13H19Cl2FN2O2S. The highest BCUT2D eigenvalue weighted by Gasteiger charge is 2.31. The summed E-state index contributed by atoms with van der Waals surface area (Å²) in [7, 11) is -3.46. The molecule has 1 unspecified atom stereocenters. The Morgan fingerprint density at radius 1 is 1.38 bits per heavy atom. The van der Waals surface area contributed by atoms with Crippen LogP contribution in [0.15, 0.2) is 18.2 Å². The fourth-order valence-electron chi connectivity index (χ4n) is 2.50. The van der Waals surface area contributed by atoms with Gasteiger partial charge in [-0.05, 0) is 30.5 Å². The molecular weight excluding hydrogens is 338 g/mol. The van der Waals surface area contributed by atoms with E-state index < -0.39 is 15.8 Å². The van der Waals surface area contributed by atoms with Crippen molar-refractivity contribution in [3.63, 3.8) is 0 Å². The van der Waals surface area contributed by atoms with E-state index >= 15 is 0 Å². The van der Waals surface area contributed by atoms with Gasteiger partial charge in [-0.15, -0.1) is 12.4 Å². The molecule has 1 saturated heterocycles. The first-order valence-electron chi connectivity index (χ1n) is 6.57. The lowest BCUT2D eigenvalue weighted by molar-refractivity contribution is 0.257. The summed E-state index contributed by atoms with van der Waals surface area (Å²) in [6.07, 6.45) is 2.63. The van der Waals surface area contributed by atoms with E-state index in [1.54, 1.807) is 0 Å². The standard InChI is InChI=1S/C13H18ClFN2O2S.ClH/c14-12-7-10(4-5-13(12)15)9-20(18,19)17-6-2-1-3-11(17)8-16;/h4-5,7,11H,1-3,6,8-9,16H2;1H. The van der Waals surface area contributed by atoms with E-state index in [0.29, 0.717) is 18.7 Å². The summed E-state index contributed by atoms with van der Waals surface area (Å²) in [5.41, 5.74) is 6.13. The predicted octanol–water partition coefficient (Wildman–Crippen LogP) is 2.54. The average molecular weight is 357 g/mol. The van der Waals surface area contributed by atoms with Crippen LogP contribution in [-0.4, -0.2) is 31.9 Å². The van der Waals surface area contributed by atoms with Crippen molar-refractivity contribution in [1.29, 1.82) is 0 Å². The highest BCUT2D eigenvalue weighted by Crippen LogP contribution is 2.24. The van der Waals surface area contributed by atoms with Crippen LogP contribution in [0.1, 0.15) is 24.8 Å². The van der Waals surface area contributed by atoms with Crippen molar-refractivity contribution in [2.24, 2.45) is 5.73 Å². The van der Waals surface area contributed by atoms with Crippen molar-refractivity contribution < 1.29 is 12.8 Å². The minimum atomic E-state index is -3.46. The number of halogens is 3. The molecule has 0 aromatic heterocycles. The Hall–Kier alpha value is -0.400. The minimum Gasteiger partial charge on any atom is -0.329 e. The Morgan fingerprint density at radius 3 is 2.71 bits per heavy atom. The first-order chi connectivity index (χ1) is 9.44. The molecule has 1 aliphatic heterocycles. The molecule has 1 atom stereocenters. The molecule has 8 heteroatoms. The lowest BCUT2D eigenvalue weighted by Gasteiger charge is -2.33. The van der Waals surface area contributed by atoms with Gasteiger partial charge >= 0.3 is 0 Å². The Balaban J connectivity index is 0.00000220. The van der Waals surface area contributed by atoms with Crippen LogP contribution in [0.3, 0.4) is 0 Å². The van der Waals surface area contributed by atoms with Gasteiger partial charge in [0.1, 0.15) is 5.82 Å². The van der Waals surface area contributed by atoms with Gasteiger partial charge in [0.05, 0.1) is 10.8 Å². The molecule has 1 aliphatic rings. The van der Waals surface area contributed by atoms with E-state index in [0.717, 1.165) is 19.3 Å². The summed E-state index contributed by atoms with van der Waals surface area (Å²) in [6.45, 7) is 0.822. The van der Waals surface area contributed by atoms with Gasteiger partial charge in [-0.3, -0.25) is 0 Å². The van der Waals surface area contributed by atoms with Crippen molar-refractivity contribution in [1.82, 2.24) is 4.31 Å². The van der Waals surface area contributed by atoms with Crippen LogP contribution in [0.5, 0.6) is 0 Å². The number of benzene rings is 1. The maximum atomic E-state index is 13.1. The van der Waals surface area contributed by atoms with E-state index in [1.807, 2.05) is 0 Å². The number of hydrogen-bond acceptors (Lipinski definition) is 3. The third-order valence-electron chi connectivity index (χ3n) is 3.54. The fourth-order valence-corrected chi connectivity index (χ4v) is 4.52. The van der Waals surface area contributed by atoms with Gasteiger partial charge in [0.15, 0.2) is 0 Å². The van der Waals surface area contributed by atoms with E-state index in [4.69, 9.17) is 17.3 Å².